The van der Waals surface area contributed by atoms with E-state index in [9.17, 15) is 8.42 Å². The summed E-state index contributed by atoms with van der Waals surface area (Å²) in [7, 11) is -0.366. The van der Waals surface area contributed by atoms with Gasteiger partial charge in [0, 0.05) is 6.42 Å². The number of sulfonamides is 1. The molecule has 0 amide bonds. The summed E-state index contributed by atoms with van der Waals surface area (Å²) in [4.78, 5) is 4.62. The predicted octanol–water partition coefficient (Wildman–Crippen LogP) is -1.63. The summed E-state index contributed by atoms with van der Waals surface area (Å²) in [6, 6.07) is 12.7. The lowest BCUT2D eigenvalue weighted by molar-refractivity contribution is -0.980. The minimum atomic E-state index is -3.61. The molecule has 8 nitrogen and oxygen atoms in total. The first kappa shape index (κ1) is 20.9. The largest absolute Gasteiger partial charge is 0.493 e. The average Bonchev–Trinajstić information content (AvgIpc) is 2.73. The molecular weight excluding hydrogens is 392 g/mol. The molecule has 0 spiro atoms. The maximum Gasteiger partial charge on any atom is 0.367 e. The van der Waals surface area contributed by atoms with E-state index in [-0.39, 0.29) is 4.90 Å². The van der Waals surface area contributed by atoms with Crippen molar-refractivity contribution in [3.63, 3.8) is 0 Å². The normalized spacial score (nSPS) is 16.5. The van der Waals surface area contributed by atoms with E-state index in [4.69, 9.17) is 9.47 Å². The van der Waals surface area contributed by atoms with Gasteiger partial charge in [-0.2, -0.15) is 13.1 Å². The first-order chi connectivity index (χ1) is 13.9. The number of guanidine groups is 1. The van der Waals surface area contributed by atoms with E-state index < -0.39 is 10.0 Å². The summed E-state index contributed by atoms with van der Waals surface area (Å²) < 4.78 is 38.1. The molecule has 2 aromatic carbocycles. The zero-order valence-electron chi connectivity index (χ0n) is 16.9. The fourth-order valence-corrected chi connectivity index (χ4v) is 4.09. The highest BCUT2D eigenvalue weighted by Crippen LogP contribution is 2.27. The highest BCUT2D eigenvalue weighted by molar-refractivity contribution is 7.90. The van der Waals surface area contributed by atoms with Crippen molar-refractivity contribution in [1.82, 2.24) is 10.0 Å². The fourth-order valence-electron chi connectivity index (χ4n) is 3.07. The molecule has 3 rings (SSSR count). The van der Waals surface area contributed by atoms with Gasteiger partial charge in [0.2, 0.25) is 0 Å². The van der Waals surface area contributed by atoms with Crippen LogP contribution in [0, 0.1) is 6.92 Å². The lowest BCUT2D eigenvalue weighted by atomic mass is 10.1. The number of methoxy groups -OCH3 is 2. The van der Waals surface area contributed by atoms with E-state index in [1.807, 2.05) is 25.1 Å². The van der Waals surface area contributed by atoms with Crippen LogP contribution in [0.15, 0.2) is 47.4 Å². The molecule has 1 aliphatic heterocycles. The van der Waals surface area contributed by atoms with Crippen molar-refractivity contribution in [3.8, 4) is 11.5 Å². The van der Waals surface area contributed by atoms with E-state index in [0.29, 0.717) is 25.0 Å². The SMILES string of the molecule is COc1ccc(CC[NH+]2CNC(NS(=O)(=O)c3ccc(C)cc3)=[NH+]C2)cc1OC. The summed E-state index contributed by atoms with van der Waals surface area (Å²) in [6.07, 6.45) is 0.865. The molecule has 0 saturated carbocycles. The van der Waals surface area contributed by atoms with Gasteiger partial charge in [0.25, 0.3) is 0 Å². The summed E-state index contributed by atoms with van der Waals surface area (Å²) in [6.45, 7) is 4.04. The second-order valence-electron chi connectivity index (χ2n) is 6.94. The Balaban J connectivity index is 1.55. The molecule has 1 unspecified atom stereocenters. The number of rotatable bonds is 7. The van der Waals surface area contributed by atoms with E-state index >= 15 is 0 Å². The van der Waals surface area contributed by atoms with Crippen LogP contribution in [0.3, 0.4) is 0 Å². The number of hydrogen-bond donors (Lipinski definition) is 4. The Labute approximate surface area is 171 Å². The number of benzene rings is 2. The van der Waals surface area contributed by atoms with E-state index in [1.54, 1.807) is 38.5 Å². The number of aryl methyl sites for hydroxylation is 1. The summed E-state index contributed by atoms with van der Waals surface area (Å²) in [5, 5.41) is 3.12. The van der Waals surface area contributed by atoms with Crippen molar-refractivity contribution in [2.24, 2.45) is 0 Å². The van der Waals surface area contributed by atoms with Crippen molar-refractivity contribution >= 4 is 16.0 Å². The molecule has 4 N–H and O–H groups in total. The van der Waals surface area contributed by atoms with Crippen LogP contribution in [-0.4, -0.2) is 48.5 Å². The van der Waals surface area contributed by atoms with Gasteiger partial charge in [-0.25, -0.2) is 10.3 Å². The second-order valence-corrected chi connectivity index (χ2v) is 8.62. The average molecular weight is 421 g/mol. The number of hydrogen-bond acceptors (Lipinski definition) is 5. The smallest absolute Gasteiger partial charge is 0.367 e. The molecule has 29 heavy (non-hydrogen) atoms. The van der Waals surface area contributed by atoms with Gasteiger partial charge < -0.3 is 9.47 Å². The Kier molecular flexibility index (Phi) is 6.60. The molecule has 1 aliphatic rings. The minimum Gasteiger partial charge on any atom is -0.493 e. The van der Waals surface area contributed by atoms with Crippen LogP contribution < -0.4 is 29.4 Å². The highest BCUT2D eigenvalue weighted by atomic mass is 32.2. The van der Waals surface area contributed by atoms with Gasteiger partial charge in [-0.3, -0.25) is 4.90 Å². The van der Waals surface area contributed by atoms with Crippen LogP contribution >= 0.6 is 0 Å². The van der Waals surface area contributed by atoms with Gasteiger partial charge in [-0.15, -0.1) is 0 Å². The first-order valence-electron chi connectivity index (χ1n) is 9.40. The Morgan fingerprint density at radius 2 is 1.83 bits per heavy atom. The first-order valence-corrected chi connectivity index (χ1v) is 10.9. The van der Waals surface area contributed by atoms with Crippen LogP contribution in [-0.2, 0) is 16.4 Å². The van der Waals surface area contributed by atoms with Crippen LogP contribution in [0.4, 0.5) is 0 Å². The maximum atomic E-state index is 12.5. The summed E-state index contributed by atoms with van der Waals surface area (Å²) >= 11 is 0. The predicted molar refractivity (Wildman–Crippen MR) is 109 cm³/mol. The topological polar surface area (TPSA) is 95.1 Å². The van der Waals surface area contributed by atoms with E-state index in [1.165, 1.54) is 4.90 Å². The lowest BCUT2D eigenvalue weighted by Crippen LogP contribution is -3.24. The fraction of sp³-hybridized carbons (Fsp3) is 0.350. The molecular formula is C20H28N4O4S+2. The van der Waals surface area contributed by atoms with Crippen molar-refractivity contribution in [1.29, 1.82) is 0 Å². The van der Waals surface area contributed by atoms with Gasteiger partial charge in [0.15, 0.2) is 24.8 Å². The maximum absolute atomic E-state index is 12.5. The highest BCUT2D eigenvalue weighted by Gasteiger charge is 2.26. The van der Waals surface area contributed by atoms with E-state index in [2.05, 4.69) is 15.0 Å². The molecule has 0 radical (unpaired) electrons. The molecule has 1 heterocycles. The zero-order chi connectivity index (χ0) is 20.9. The molecule has 0 aromatic heterocycles. The third kappa shape index (κ3) is 5.39. The third-order valence-electron chi connectivity index (χ3n) is 4.81. The van der Waals surface area contributed by atoms with Crippen LogP contribution in [0.1, 0.15) is 11.1 Å². The zero-order valence-corrected chi connectivity index (χ0v) is 17.7. The van der Waals surface area contributed by atoms with Crippen LogP contribution in [0.25, 0.3) is 0 Å². The van der Waals surface area contributed by atoms with Gasteiger partial charge in [-0.05, 0) is 36.8 Å². The standard InChI is InChI=1S/C20H26N4O4S/c1-15-4-7-17(8-5-15)29(25,26)23-20-21-13-24(14-22-20)11-10-16-6-9-18(27-2)19(12-16)28-3/h4-9,12H,10-11,13-14H2,1-3H3,(H2,21,22,23)/p+2. The Morgan fingerprint density at radius 1 is 1.10 bits per heavy atom. The molecule has 0 aliphatic carbocycles. The molecule has 2 aromatic rings. The Hall–Kier alpha value is -2.78. The Bertz CT molecular complexity index is 974. The molecule has 156 valence electrons. The number of nitrogens with one attached hydrogen (secondary N) is 4. The van der Waals surface area contributed by atoms with Crippen LogP contribution in [0.5, 0.6) is 11.5 Å². The van der Waals surface area contributed by atoms with Gasteiger partial charge >= 0.3 is 16.0 Å². The Morgan fingerprint density at radius 3 is 2.45 bits per heavy atom. The van der Waals surface area contributed by atoms with Gasteiger partial charge in [0.1, 0.15) is 4.90 Å². The molecule has 1 atom stereocenters. The number of ether oxygens (including phenoxy) is 2. The molecule has 0 bridgehead atoms. The van der Waals surface area contributed by atoms with Crippen molar-refractivity contribution in [2.75, 3.05) is 34.1 Å². The molecule has 0 saturated heterocycles. The van der Waals surface area contributed by atoms with Gasteiger partial charge in [0.05, 0.1) is 20.8 Å². The monoisotopic (exact) mass is 420 g/mol. The quantitative estimate of drug-likeness (QED) is 0.432. The third-order valence-corrected chi connectivity index (χ3v) is 6.18. The molecule has 9 heteroatoms. The number of quaternary nitrogens is 1. The van der Waals surface area contributed by atoms with Crippen molar-refractivity contribution in [3.05, 3.63) is 53.6 Å². The summed E-state index contributed by atoms with van der Waals surface area (Å²) in [5.74, 6) is 1.83. The minimum absolute atomic E-state index is 0.238. The summed E-state index contributed by atoms with van der Waals surface area (Å²) in [5.41, 5.74) is 2.17. The second kappa shape index (κ2) is 9.15. The van der Waals surface area contributed by atoms with Gasteiger partial charge in [-0.1, -0.05) is 23.8 Å². The molecule has 0 fully saturated rings. The van der Waals surface area contributed by atoms with Crippen LogP contribution in [0.2, 0.25) is 0 Å². The van der Waals surface area contributed by atoms with Crippen molar-refractivity contribution < 1.29 is 27.8 Å². The lowest BCUT2D eigenvalue weighted by Gasteiger charge is -2.20. The van der Waals surface area contributed by atoms with E-state index in [0.717, 1.165) is 29.8 Å². The van der Waals surface area contributed by atoms with Crippen molar-refractivity contribution in [2.45, 2.75) is 18.2 Å².